The summed E-state index contributed by atoms with van der Waals surface area (Å²) in [5.74, 6) is 0.0440. The van der Waals surface area contributed by atoms with Crippen molar-refractivity contribution in [3.8, 4) is 17.2 Å². The Kier molecular flexibility index (Phi) is 7.63. The van der Waals surface area contributed by atoms with E-state index in [1.165, 1.54) is 0 Å². The number of piperazine rings is 1. The molecule has 3 aromatic rings. The van der Waals surface area contributed by atoms with Crippen molar-refractivity contribution in [2.24, 2.45) is 0 Å². The fourth-order valence-corrected chi connectivity index (χ4v) is 5.80. The first kappa shape index (κ1) is 26.7. The number of rotatable bonds is 6. The number of hydrogen-bond donors (Lipinski definition) is 0. The summed E-state index contributed by atoms with van der Waals surface area (Å²) in [4.78, 5) is 18.0. The minimum absolute atomic E-state index is 0.0440. The maximum Gasteiger partial charge on any atom is 0.256 e. The van der Waals surface area contributed by atoms with Gasteiger partial charge in [-0.05, 0) is 48.8 Å². The molecule has 194 valence electrons. The van der Waals surface area contributed by atoms with E-state index < -0.39 is 8.32 Å². The van der Waals surface area contributed by atoms with Crippen LogP contribution in [0.1, 0.15) is 49.8 Å². The van der Waals surface area contributed by atoms with Gasteiger partial charge in [0, 0.05) is 49.8 Å². The molecule has 4 rings (SSSR count). The third-order valence-electron chi connectivity index (χ3n) is 7.76. The van der Waals surface area contributed by atoms with Gasteiger partial charge in [0.05, 0.1) is 17.2 Å². The highest BCUT2D eigenvalue weighted by Gasteiger charge is 2.39. The van der Waals surface area contributed by atoms with Gasteiger partial charge < -0.3 is 18.8 Å². The second kappa shape index (κ2) is 10.6. The highest BCUT2D eigenvalue weighted by atomic mass is 28.4. The molecule has 2 heterocycles. The second-order valence-corrected chi connectivity index (χ2v) is 16.1. The van der Waals surface area contributed by atoms with Crippen LogP contribution in [0.4, 0.5) is 5.69 Å². The molecular weight excluding hydrogens is 476 g/mol. The molecule has 1 saturated heterocycles. The molecule has 1 amide bonds. The topological polar surface area (TPSA) is 61.5 Å². The zero-order valence-electron chi connectivity index (χ0n) is 22.9. The first-order valence-electron chi connectivity index (χ1n) is 13.0. The Labute approximate surface area is 222 Å². The number of nitrogens with zero attached hydrogens (tertiary/aromatic N) is 4. The van der Waals surface area contributed by atoms with Crippen LogP contribution in [0.15, 0.2) is 67.0 Å². The molecule has 37 heavy (non-hydrogen) atoms. The molecule has 1 aliphatic rings. The number of anilines is 1. The predicted molar refractivity (Wildman–Crippen MR) is 152 cm³/mol. The summed E-state index contributed by atoms with van der Waals surface area (Å²) >= 11 is 0. The lowest BCUT2D eigenvalue weighted by molar-refractivity contribution is 0.0746. The summed E-state index contributed by atoms with van der Waals surface area (Å²) in [6, 6.07) is 20.0. The Hall–Kier alpha value is -3.34. The lowest BCUT2D eigenvalue weighted by Crippen LogP contribution is -2.48. The molecule has 0 N–H and O–H groups in total. The Morgan fingerprint density at radius 1 is 1.00 bits per heavy atom. The largest absolute Gasteiger partial charge is 0.397 e. The maximum absolute atomic E-state index is 13.8. The van der Waals surface area contributed by atoms with Crippen molar-refractivity contribution in [3.05, 3.63) is 78.1 Å². The third kappa shape index (κ3) is 5.81. The van der Waals surface area contributed by atoms with E-state index in [4.69, 9.17) is 4.43 Å². The van der Waals surface area contributed by atoms with Gasteiger partial charge in [0.25, 0.3) is 5.91 Å². The Balaban J connectivity index is 1.57. The maximum atomic E-state index is 13.8. The molecule has 2 aromatic carbocycles. The molecule has 1 fully saturated rings. The lowest BCUT2D eigenvalue weighted by atomic mass is 10.0. The first-order valence-corrected chi connectivity index (χ1v) is 15.9. The average Bonchev–Trinajstić information content (AvgIpc) is 3.34. The van der Waals surface area contributed by atoms with Crippen molar-refractivity contribution in [2.75, 3.05) is 31.1 Å². The summed E-state index contributed by atoms with van der Waals surface area (Å²) in [5.41, 5.74) is 4.34. The van der Waals surface area contributed by atoms with Gasteiger partial charge in [-0.25, -0.2) is 0 Å². The molecule has 6 nitrogen and oxygen atoms in total. The van der Waals surface area contributed by atoms with Crippen LogP contribution in [-0.2, 0) is 4.43 Å². The predicted octanol–water partition coefficient (Wildman–Crippen LogP) is 6.53. The van der Waals surface area contributed by atoms with Crippen LogP contribution in [0.2, 0.25) is 18.1 Å². The fourth-order valence-electron chi connectivity index (χ4n) is 4.48. The highest BCUT2D eigenvalue weighted by molar-refractivity contribution is 6.74. The summed E-state index contributed by atoms with van der Waals surface area (Å²) in [5, 5.41) is 9.33. The Morgan fingerprint density at radius 3 is 2.30 bits per heavy atom. The number of aromatic nitrogens is 1. The van der Waals surface area contributed by atoms with Crippen molar-refractivity contribution >= 4 is 19.9 Å². The van der Waals surface area contributed by atoms with Crippen LogP contribution in [-0.4, -0.2) is 49.9 Å². The minimum Gasteiger partial charge on any atom is -0.397 e. The van der Waals surface area contributed by atoms with Crippen molar-refractivity contribution in [3.63, 3.8) is 0 Å². The molecule has 0 aliphatic carbocycles. The standard InChI is InChI=1S/C30H38N4O2Si/c1-23(36-37(5,6)30(2,3)4)34-21-27(25-12-8-7-9-13-25)28(22-34)29(35)33-17-15-32(16-18-33)26-14-10-11-24(19-26)20-31/h7-14,19,21-23H,15-18H2,1-6H3. The number of amides is 1. The van der Waals surface area contributed by atoms with Gasteiger partial charge in [-0.3, -0.25) is 4.79 Å². The molecule has 0 saturated carbocycles. The number of hydrogen-bond acceptors (Lipinski definition) is 4. The Morgan fingerprint density at radius 2 is 1.68 bits per heavy atom. The van der Waals surface area contributed by atoms with E-state index in [1.807, 2.05) is 53.6 Å². The fraction of sp³-hybridized carbons (Fsp3) is 0.400. The van der Waals surface area contributed by atoms with Crippen molar-refractivity contribution in [2.45, 2.75) is 52.1 Å². The second-order valence-electron chi connectivity index (χ2n) is 11.3. The van der Waals surface area contributed by atoms with Crippen LogP contribution in [0, 0.1) is 11.3 Å². The van der Waals surface area contributed by atoms with Gasteiger partial charge >= 0.3 is 0 Å². The van der Waals surface area contributed by atoms with Crippen LogP contribution in [0.5, 0.6) is 0 Å². The quantitative estimate of drug-likeness (QED) is 0.351. The van der Waals surface area contributed by atoms with Gasteiger partial charge in [-0.2, -0.15) is 5.26 Å². The molecule has 1 atom stereocenters. The van der Waals surface area contributed by atoms with Gasteiger partial charge in [-0.15, -0.1) is 0 Å². The van der Waals surface area contributed by atoms with Crippen LogP contribution in [0.25, 0.3) is 11.1 Å². The zero-order chi connectivity index (χ0) is 26.8. The van der Waals surface area contributed by atoms with E-state index in [2.05, 4.69) is 74.7 Å². The number of carbonyl (C=O) groups is 1. The third-order valence-corrected chi connectivity index (χ3v) is 12.3. The van der Waals surface area contributed by atoms with E-state index in [-0.39, 0.29) is 17.2 Å². The number of carbonyl (C=O) groups excluding carboxylic acids is 1. The van der Waals surface area contributed by atoms with Gasteiger partial charge in [-0.1, -0.05) is 57.2 Å². The first-order chi connectivity index (χ1) is 17.5. The SMILES string of the molecule is CC(O[Si](C)(C)C(C)(C)C)n1cc(C(=O)N2CCN(c3cccc(C#N)c3)CC2)c(-c2ccccc2)c1. The monoisotopic (exact) mass is 514 g/mol. The zero-order valence-corrected chi connectivity index (χ0v) is 23.9. The van der Waals surface area contributed by atoms with Gasteiger partial charge in [0.1, 0.15) is 6.23 Å². The molecule has 0 spiro atoms. The van der Waals surface area contributed by atoms with E-state index in [1.54, 1.807) is 0 Å². The van der Waals surface area contributed by atoms with Crippen molar-refractivity contribution < 1.29 is 9.22 Å². The molecule has 0 radical (unpaired) electrons. The van der Waals surface area contributed by atoms with E-state index in [0.717, 1.165) is 29.9 Å². The van der Waals surface area contributed by atoms with Crippen LogP contribution < -0.4 is 4.90 Å². The van der Waals surface area contributed by atoms with Crippen molar-refractivity contribution in [1.82, 2.24) is 9.47 Å². The van der Waals surface area contributed by atoms with Crippen LogP contribution >= 0.6 is 0 Å². The van der Waals surface area contributed by atoms with E-state index in [9.17, 15) is 10.1 Å². The average molecular weight is 515 g/mol. The number of nitriles is 1. The lowest BCUT2D eigenvalue weighted by Gasteiger charge is -2.38. The summed E-state index contributed by atoms with van der Waals surface area (Å²) < 4.78 is 8.70. The molecule has 7 heteroatoms. The minimum atomic E-state index is -1.99. The molecule has 0 bridgehead atoms. The summed E-state index contributed by atoms with van der Waals surface area (Å²) in [6.45, 7) is 16.0. The smallest absolute Gasteiger partial charge is 0.256 e. The highest BCUT2D eigenvalue weighted by Crippen LogP contribution is 2.39. The molecule has 1 unspecified atom stereocenters. The summed E-state index contributed by atoms with van der Waals surface area (Å²) in [6.07, 6.45) is 3.85. The number of benzene rings is 2. The molecule has 1 aliphatic heterocycles. The molecule has 1 aromatic heterocycles. The normalized spacial score (nSPS) is 15.4. The van der Waals surface area contributed by atoms with E-state index >= 15 is 0 Å². The van der Waals surface area contributed by atoms with Gasteiger partial charge in [0.15, 0.2) is 8.32 Å². The Bertz CT molecular complexity index is 1280. The van der Waals surface area contributed by atoms with Gasteiger partial charge in [0.2, 0.25) is 0 Å². The van der Waals surface area contributed by atoms with Crippen molar-refractivity contribution in [1.29, 1.82) is 5.26 Å². The summed E-state index contributed by atoms with van der Waals surface area (Å²) in [7, 11) is -1.99. The van der Waals surface area contributed by atoms with Crippen LogP contribution in [0.3, 0.4) is 0 Å². The van der Waals surface area contributed by atoms with E-state index in [0.29, 0.717) is 24.2 Å². The molecular formula is C30H38N4O2Si.